The first-order valence-electron chi connectivity index (χ1n) is 7.95. The molecule has 7 heteroatoms. The number of nitrogens with one attached hydrogen (secondary N) is 1. The molecule has 0 fully saturated rings. The average molecular weight is 372 g/mol. The molecule has 1 N–H and O–H groups in total. The van der Waals surface area contributed by atoms with Crippen LogP contribution in [0.25, 0.3) is 16.3 Å². The molecule has 5 nitrogen and oxygen atoms in total. The van der Waals surface area contributed by atoms with Gasteiger partial charge in [0.25, 0.3) is 0 Å². The lowest BCUT2D eigenvalue weighted by Crippen LogP contribution is -2.07. The Labute approximate surface area is 154 Å². The van der Waals surface area contributed by atoms with E-state index in [1.807, 2.05) is 13.0 Å². The van der Waals surface area contributed by atoms with Gasteiger partial charge in [-0.25, -0.2) is 9.37 Å². The van der Waals surface area contributed by atoms with E-state index in [4.69, 9.17) is 9.47 Å². The van der Waals surface area contributed by atoms with Crippen LogP contribution in [-0.4, -0.2) is 24.6 Å². The summed E-state index contributed by atoms with van der Waals surface area (Å²) in [5.41, 5.74) is 1.05. The van der Waals surface area contributed by atoms with Crippen LogP contribution < -0.4 is 14.8 Å². The van der Waals surface area contributed by atoms with Gasteiger partial charge in [-0.15, -0.1) is 0 Å². The third-order valence-corrected chi connectivity index (χ3v) is 4.45. The lowest BCUT2D eigenvalue weighted by atomic mass is 10.2. The van der Waals surface area contributed by atoms with Gasteiger partial charge in [0.05, 0.1) is 18.4 Å². The zero-order chi connectivity index (χ0) is 18.5. The third-order valence-electron chi connectivity index (χ3n) is 3.51. The van der Waals surface area contributed by atoms with E-state index in [1.54, 1.807) is 37.5 Å². The molecular weight excluding hydrogens is 355 g/mol. The van der Waals surface area contributed by atoms with Crippen molar-refractivity contribution in [3.63, 3.8) is 0 Å². The summed E-state index contributed by atoms with van der Waals surface area (Å²) in [6, 6.07) is 10.1. The molecule has 3 rings (SSSR count). The number of rotatable bonds is 6. The second-order valence-corrected chi connectivity index (χ2v) is 6.30. The maximum absolute atomic E-state index is 13.7. The Morgan fingerprint density at radius 2 is 2.15 bits per heavy atom. The highest BCUT2D eigenvalue weighted by Gasteiger charge is 2.09. The highest BCUT2D eigenvalue weighted by Crippen LogP contribution is 2.29. The van der Waals surface area contributed by atoms with Gasteiger partial charge >= 0.3 is 0 Å². The summed E-state index contributed by atoms with van der Waals surface area (Å²) in [6.45, 7) is 2.43. The maximum atomic E-state index is 13.7. The van der Waals surface area contributed by atoms with Gasteiger partial charge in [0.2, 0.25) is 5.91 Å². The molecule has 0 saturated carbocycles. The molecule has 0 saturated heterocycles. The zero-order valence-corrected chi connectivity index (χ0v) is 15.1. The molecule has 26 heavy (non-hydrogen) atoms. The lowest BCUT2D eigenvalue weighted by Gasteiger charge is -2.09. The summed E-state index contributed by atoms with van der Waals surface area (Å²) < 4.78 is 25.1. The summed E-state index contributed by atoms with van der Waals surface area (Å²) in [7, 11) is 1.56. The first kappa shape index (κ1) is 17.9. The van der Waals surface area contributed by atoms with E-state index in [9.17, 15) is 9.18 Å². The maximum Gasteiger partial charge on any atom is 0.250 e. The largest absolute Gasteiger partial charge is 0.493 e. The van der Waals surface area contributed by atoms with Crippen LogP contribution in [0.3, 0.4) is 0 Å². The van der Waals surface area contributed by atoms with E-state index in [0.717, 1.165) is 5.56 Å². The van der Waals surface area contributed by atoms with Crippen molar-refractivity contribution < 1.29 is 18.7 Å². The summed E-state index contributed by atoms with van der Waals surface area (Å²) in [5.74, 6) is 0.484. The minimum absolute atomic E-state index is 0.257. The quantitative estimate of drug-likeness (QED) is 0.648. The van der Waals surface area contributed by atoms with Gasteiger partial charge in [-0.05, 0) is 42.8 Å². The predicted octanol–water partition coefficient (Wildman–Crippen LogP) is 4.49. The molecule has 1 heterocycles. The monoisotopic (exact) mass is 372 g/mol. The van der Waals surface area contributed by atoms with Gasteiger partial charge in [0.15, 0.2) is 16.6 Å². The average Bonchev–Trinajstić information content (AvgIpc) is 3.05. The minimum Gasteiger partial charge on any atom is -0.493 e. The number of ether oxygens (including phenoxy) is 2. The Balaban J connectivity index is 1.71. The van der Waals surface area contributed by atoms with Crippen LogP contribution in [0.2, 0.25) is 0 Å². The SMILES string of the molecule is CCOc1ccc(/C=C/C(=O)Nc2nc3c(F)cccc3s2)cc1OC. The first-order chi connectivity index (χ1) is 12.6. The molecule has 0 spiro atoms. The normalized spacial score (nSPS) is 11.0. The van der Waals surface area contributed by atoms with E-state index in [-0.39, 0.29) is 11.4 Å². The smallest absolute Gasteiger partial charge is 0.250 e. The number of thiazole rings is 1. The van der Waals surface area contributed by atoms with E-state index < -0.39 is 5.82 Å². The van der Waals surface area contributed by atoms with Crippen molar-refractivity contribution in [3.05, 3.63) is 53.9 Å². The Hall–Kier alpha value is -2.93. The van der Waals surface area contributed by atoms with Crippen LogP contribution in [0.5, 0.6) is 11.5 Å². The van der Waals surface area contributed by atoms with Crippen LogP contribution in [0.4, 0.5) is 9.52 Å². The van der Waals surface area contributed by atoms with Crippen LogP contribution in [0, 0.1) is 5.82 Å². The number of hydrogen-bond acceptors (Lipinski definition) is 5. The van der Waals surface area contributed by atoms with Crippen molar-refractivity contribution in [1.29, 1.82) is 0 Å². The van der Waals surface area contributed by atoms with Gasteiger partial charge in [-0.2, -0.15) is 0 Å². The van der Waals surface area contributed by atoms with E-state index in [2.05, 4.69) is 10.3 Å². The van der Waals surface area contributed by atoms with Gasteiger partial charge in [-0.3, -0.25) is 10.1 Å². The second kappa shape index (κ2) is 7.97. The molecule has 0 aliphatic rings. The van der Waals surface area contributed by atoms with Crippen molar-refractivity contribution in [2.45, 2.75) is 6.92 Å². The number of nitrogens with zero attached hydrogens (tertiary/aromatic N) is 1. The van der Waals surface area contributed by atoms with Crippen molar-refractivity contribution in [2.75, 3.05) is 19.0 Å². The number of carbonyl (C=O) groups excluding carboxylic acids is 1. The third kappa shape index (κ3) is 4.00. The van der Waals surface area contributed by atoms with Gasteiger partial charge in [0, 0.05) is 6.08 Å². The first-order valence-corrected chi connectivity index (χ1v) is 8.77. The number of fused-ring (bicyclic) bond motifs is 1. The topological polar surface area (TPSA) is 60.5 Å². The van der Waals surface area contributed by atoms with Crippen LogP contribution >= 0.6 is 11.3 Å². The molecule has 134 valence electrons. The molecule has 2 aromatic carbocycles. The van der Waals surface area contributed by atoms with E-state index in [0.29, 0.717) is 27.9 Å². The second-order valence-electron chi connectivity index (χ2n) is 5.27. The Morgan fingerprint density at radius 3 is 2.88 bits per heavy atom. The summed E-state index contributed by atoms with van der Waals surface area (Å²) in [6.07, 6.45) is 3.04. The Bertz CT molecular complexity index is 969. The fourth-order valence-corrected chi connectivity index (χ4v) is 3.23. The number of hydrogen-bond donors (Lipinski definition) is 1. The molecule has 0 atom stereocenters. The molecule has 0 aliphatic carbocycles. The summed E-state index contributed by atoms with van der Waals surface area (Å²) in [5, 5.41) is 3.00. The lowest BCUT2D eigenvalue weighted by molar-refractivity contribution is -0.111. The molecule has 0 aliphatic heterocycles. The number of anilines is 1. The number of methoxy groups -OCH3 is 1. The van der Waals surface area contributed by atoms with E-state index in [1.165, 1.54) is 23.5 Å². The standard InChI is InChI=1S/C19H17FN2O3S/c1-3-25-14-9-7-12(11-15(14)24-2)8-10-17(23)21-19-22-18-13(20)5-4-6-16(18)26-19/h4-11H,3H2,1-2H3,(H,21,22,23)/b10-8+. The van der Waals surface area contributed by atoms with Crippen LogP contribution in [0.15, 0.2) is 42.5 Å². The van der Waals surface area contributed by atoms with Crippen molar-refractivity contribution >= 4 is 38.7 Å². The highest BCUT2D eigenvalue weighted by molar-refractivity contribution is 7.22. The fourth-order valence-electron chi connectivity index (χ4n) is 2.35. The molecule has 0 unspecified atom stereocenters. The van der Waals surface area contributed by atoms with Gasteiger partial charge in [-0.1, -0.05) is 23.5 Å². The number of aromatic nitrogens is 1. The number of benzene rings is 2. The summed E-state index contributed by atoms with van der Waals surface area (Å²) >= 11 is 1.22. The molecule has 0 radical (unpaired) electrons. The van der Waals surface area contributed by atoms with Crippen molar-refractivity contribution in [3.8, 4) is 11.5 Å². The fraction of sp³-hybridized carbons (Fsp3) is 0.158. The van der Waals surface area contributed by atoms with Crippen molar-refractivity contribution in [2.24, 2.45) is 0 Å². The van der Waals surface area contributed by atoms with Gasteiger partial charge in [0.1, 0.15) is 11.3 Å². The number of carbonyl (C=O) groups is 1. The van der Waals surface area contributed by atoms with Crippen LogP contribution in [-0.2, 0) is 4.79 Å². The summed E-state index contributed by atoms with van der Waals surface area (Å²) in [4.78, 5) is 16.2. The van der Waals surface area contributed by atoms with Gasteiger partial charge < -0.3 is 9.47 Å². The van der Waals surface area contributed by atoms with Crippen molar-refractivity contribution in [1.82, 2.24) is 4.98 Å². The molecule has 1 aromatic heterocycles. The van der Waals surface area contributed by atoms with Crippen LogP contribution in [0.1, 0.15) is 12.5 Å². The predicted molar refractivity (Wildman–Crippen MR) is 101 cm³/mol. The number of para-hydroxylation sites is 1. The molecule has 3 aromatic rings. The molecule has 0 bridgehead atoms. The number of amides is 1. The Morgan fingerprint density at radius 1 is 1.31 bits per heavy atom. The Kier molecular flexibility index (Phi) is 5.48. The number of halogens is 1. The van der Waals surface area contributed by atoms with E-state index >= 15 is 0 Å². The minimum atomic E-state index is -0.406. The highest BCUT2D eigenvalue weighted by atomic mass is 32.1. The zero-order valence-electron chi connectivity index (χ0n) is 14.3. The molecular formula is C19H17FN2O3S. The molecule has 1 amide bonds.